The molecule has 0 radical (unpaired) electrons. The van der Waals surface area contributed by atoms with E-state index in [0.29, 0.717) is 13.0 Å². The second-order valence-electron chi connectivity index (χ2n) is 5.00. The highest BCUT2D eigenvalue weighted by Gasteiger charge is 2.32. The molecule has 0 aliphatic heterocycles. The lowest BCUT2D eigenvalue weighted by Gasteiger charge is -2.25. The second-order valence-corrected chi connectivity index (χ2v) is 5.00. The van der Waals surface area contributed by atoms with Gasteiger partial charge in [0.15, 0.2) is 0 Å². The number of benzene rings is 1. The zero-order valence-electron chi connectivity index (χ0n) is 12.6. The number of methoxy groups -OCH3 is 1. The van der Waals surface area contributed by atoms with Crippen molar-refractivity contribution in [1.29, 1.82) is 0 Å². The maximum absolute atomic E-state index is 11.8. The van der Waals surface area contributed by atoms with Crippen LogP contribution in [0, 0.1) is 0 Å². The van der Waals surface area contributed by atoms with Crippen molar-refractivity contribution in [2.75, 3.05) is 20.8 Å². The molecular weight excluding hydrogens is 268 g/mol. The van der Waals surface area contributed by atoms with Crippen LogP contribution in [0.3, 0.4) is 0 Å². The molecule has 21 heavy (non-hydrogen) atoms. The van der Waals surface area contributed by atoms with Gasteiger partial charge >= 0.3 is 5.97 Å². The van der Waals surface area contributed by atoms with E-state index in [1.54, 1.807) is 20.2 Å². The number of nitrogens with one attached hydrogen (secondary N) is 1. The standard InChI is InChI=1S/C16H20N2O3/c1-16(17-2,15(19)20-3)9-11-21-13-8-4-6-12-7-5-10-18-14(12)13/h4-8,10,17H,9,11H2,1-3H3. The number of fused-ring (bicyclic) bond motifs is 1. The molecule has 1 aromatic heterocycles. The zero-order valence-corrected chi connectivity index (χ0v) is 12.6. The van der Waals surface area contributed by atoms with E-state index >= 15 is 0 Å². The molecule has 1 aromatic carbocycles. The van der Waals surface area contributed by atoms with Gasteiger partial charge in [-0.1, -0.05) is 18.2 Å². The molecule has 0 aliphatic rings. The average Bonchev–Trinajstić information content (AvgIpc) is 2.54. The van der Waals surface area contributed by atoms with Crippen LogP contribution in [-0.2, 0) is 9.53 Å². The van der Waals surface area contributed by atoms with E-state index in [9.17, 15) is 4.79 Å². The van der Waals surface area contributed by atoms with Gasteiger partial charge in [-0.3, -0.25) is 9.78 Å². The van der Waals surface area contributed by atoms with Gasteiger partial charge in [0.2, 0.25) is 0 Å². The van der Waals surface area contributed by atoms with Gasteiger partial charge in [0.1, 0.15) is 16.8 Å². The van der Waals surface area contributed by atoms with E-state index in [2.05, 4.69) is 10.3 Å². The summed E-state index contributed by atoms with van der Waals surface area (Å²) in [7, 11) is 3.11. The zero-order chi connectivity index (χ0) is 15.3. The maximum Gasteiger partial charge on any atom is 0.325 e. The lowest BCUT2D eigenvalue weighted by molar-refractivity contribution is -0.148. The molecule has 0 spiro atoms. The van der Waals surface area contributed by atoms with Crippen molar-refractivity contribution in [2.24, 2.45) is 0 Å². The number of para-hydroxylation sites is 1. The highest BCUT2D eigenvalue weighted by molar-refractivity contribution is 5.84. The number of esters is 1. The Kier molecular flexibility index (Phi) is 4.75. The molecule has 2 rings (SSSR count). The molecule has 2 aromatic rings. The third-order valence-corrected chi connectivity index (χ3v) is 3.64. The van der Waals surface area contributed by atoms with E-state index < -0.39 is 5.54 Å². The smallest absolute Gasteiger partial charge is 0.325 e. The topological polar surface area (TPSA) is 60.5 Å². The van der Waals surface area contributed by atoms with Crippen LogP contribution in [0.1, 0.15) is 13.3 Å². The SMILES string of the molecule is CNC(C)(CCOc1cccc2cccnc12)C(=O)OC. The minimum Gasteiger partial charge on any atom is -0.491 e. The normalized spacial score (nSPS) is 13.7. The van der Waals surface area contributed by atoms with Crippen LogP contribution in [0.4, 0.5) is 0 Å². The molecule has 0 aliphatic carbocycles. The van der Waals surface area contributed by atoms with Gasteiger partial charge in [-0.2, -0.15) is 0 Å². The number of likely N-dealkylation sites (N-methyl/N-ethyl adjacent to an activating group) is 1. The fourth-order valence-electron chi connectivity index (χ4n) is 2.11. The second kappa shape index (κ2) is 6.54. The molecule has 1 unspecified atom stereocenters. The average molecular weight is 288 g/mol. The molecular formula is C16H20N2O3. The number of nitrogens with zero attached hydrogens (tertiary/aromatic N) is 1. The molecule has 5 nitrogen and oxygen atoms in total. The third-order valence-electron chi connectivity index (χ3n) is 3.64. The quantitative estimate of drug-likeness (QED) is 0.825. The first-order valence-electron chi connectivity index (χ1n) is 6.84. The van der Waals surface area contributed by atoms with Crippen molar-refractivity contribution in [3.63, 3.8) is 0 Å². The Morgan fingerprint density at radius 1 is 1.33 bits per heavy atom. The Bertz CT molecular complexity index is 624. The molecule has 0 saturated carbocycles. The Morgan fingerprint density at radius 3 is 2.81 bits per heavy atom. The third kappa shape index (κ3) is 3.31. The predicted molar refractivity (Wildman–Crippen MR) is 81.3 cm³/mol. The van der Waals surface area contributed by atoms with Gasteiger partial charge in [-0.25, -0.2) is 0 Å². The Morgan fingerprint density at radius 2 is 2.10 bits per heavy atom. The summed E-state index contributed by atoms with van der Waals surface area (Å²) in [5.41, 5.74) is 0.0662. The van der Waals surface area contributed by atoms with Crippen molar-refractivity contribution >= 4 is 16.9 Å². The molecule has 0 fully saturated rings. The first kappa shape index (κ1) is 15.3. The summed E-state index contributed by atoms with van der Waals surface area (Å²) in [4.78, 5) is 16.1. The van der Waals surface area contributed by atoms with Gasteiger partial charge in [0.25, 0.3) is 0 Å². The van der Waals surface area contributed by atoms with Crippen LogP contribution in [0.5, 0.6) is 5.75 Å². The summed E-state index contributed by atoms with van der Waals surface area (Å²) >= 11 is 0. The number of hydrogen-bond donors (Lipinski definition) is 1. The summed E-state index contributed by atoms with van der Waals surface area (Å²) in [6.07, 6.45) is 2.24. The summed E-state index contributed by atoms with van der Waals surface area (Å²) in [6.45, 7) is 2.19. The van der Waals surface area contributed by atoms with E-state index in [4.69, 9.17) is 9.47 Å². The van der Waals surface area contributed by atoms with E-state index in [0.717, 1.165) is 16.7 Å². The minimum absolute atomic E-state index is 0.301. The Balaban J connectivity index is 2.07. The summed E-state index contributed by atoms with van der Waals surface area (Å²) < 4.78 is 10.6. The molecule has 0 bridgehead atoms. The first-order chi connectivity index (χ1) is 10.1. The number of pyridine rings is 1. The number of carbonyl (C=O) groups excluding carboxylic acids is 1. The molecule has 1 atom stereocenters. The van der Waals surface area contributed by atoms with Crippen LogP contribution < -0.4 is 10.1 Å². The van der Waals surface area contributed by atoms with Crippen molar-refractivity contribution in [1.82, 2.24) is 10.3 Å². The summed E-state index contributed by atoms with van der Waals surface area (Å²) in [5, 5.41) is 4.01. The highest BCUT2D eigenvalue weighted by Crippen LogP contribution is 2.23. The number of carbonyl (C=O) groups is 1. The van der Waals surface area contributed by atoms with Crippen LogP contribution in [0.15, 0.2) is 36.5 Å². The number of rotatable bonds is 6. The van der Waals surface area contributed by atoms with Crippen LogP contribution in [0.2, 0.25) is 0 Å². The Hall–Kier alpha value is -2.14. The van der Waals surface area contributed by atoms with Crippen LogP contribution >= 0.6 is 0 Å². The molecule has 112 valence electrons. The number of hydrogen-bond acceptors (Lipinski definition) is 5. The van der Waals surface area contributed by atoms with Gasteiger partial charge in [-0.05, 0) is 26.1 Å². The van der Waals surface area contributed by atoms with Gasteiger partial charge in [-0.15, -0.1) is 0 Å². The first-order valence-corrected chi connectivity index (χ1v) is 6.84. The molecule has 0 saturated heterocycles. The largest absolute Gasteiger partial charge is 0.491 e. The van der Waals surface area contributed by atoms with Gasteiger partial charge in [0.05, 0.1) is 13.7 Å². The van der Waals surface area contributed by atoms with Crippen molar-refractivity contribution in [3.8, 4) is 5.75 Å². The minimum atomic E-state index is -0.757. The molecule has 1 heterocycles. The van der Waals surface area contributed by atoms with Crippen molar-refractivity contribution in [3.05, 3.63) is 36.5 Å². The van der Waals surface area contributed by atoms with Crippen LogP contribution in [0.25, 0.3) is 10.9 Å². The Labute approximate surface area is 124 Å². The lowest BCUT2D eigenvalue weighted by Crippen LogP contribution is -2.49. The van der Waals surface area contributed by atoms with Crippen molar-refractivity contribution < 1.29 is 14.3 Å². The van der Waals surface area contributed by atoms with E-state index in [1.165, 1.54) is 7.11 Å². The molecule has 5 heteroatoms. The maximum atomic E-state index is 11.8. The summed E-state index contributed by atoms with van der Waals surface area (Å²) in [6, 6.07) is 9.67. The highest BCUT2D eigenvalue weighted by atomic mass is 16.5. The summed E-state index contributed by atoms with van der Waals surface area (Å²) in [5.74, 6) is 0.418. The van der Waals surface area contributed by atoms with Crippen molar-refractivity contribution in [2.45, 2.75) is 18.9 Å². The molecule has 1 N–H and O–H groups in total. The lowest BCUT2D eigenvalue weighted by atomic mass is 9.99. The molecule has 0 amide bonds. The number of ether oxygens (including phenoxy) is 2. The monoisotopic (exact) mass is 288 g/mol. The fraction of sp³-hybridized carbons (Fsp3) is 0.375. The van der Waals surface area contributed by atoms with E-state index in [-0.39, 0.29) is 5.97 Å². The van der Waals surface area contributed by atoms with Gasteiger partial charge < -0.3 is 14.8 Å². The predicted octanol–water partition coefficient (Wildman–Crippen LogP) is 2.15. The fourth-order valence-corrected chi connectivity index (χ4v) is 2.11. The van der Waals surface area contributed by atoms with Gasteiger partial charge in [0, 0.05) is 18.0 Å². The van der Waals surface area contributed by atoms with Crippen LogP contribution in [-0.4, -0.2) is 37.3 Å². The number of aromatic nitrogens is 1. The van der Waals surface area contributed by atoms with E-state index in [1.807, 2.05) is 30.3 Å².